The molecule has 0 unspecified atom stereocenters. The summed E-state index contributed by atoms with van der Waals surface area (Å²) in [6.45, 7) is 0.799. The van der Waals surface area contributed by atoms with E-state index in [9.17, 15) is 19.3 Å². The summed E-state index contributed by atoms with van der Waals surface area (Å²) in [5, 5.41) is 22.2. The number of rotatable bonds is 5. The number of carbonyl (C=O) groups is 1. The van der Waals surface area contributed by atoms with Crippen LogP contribution in [0.5, 0.6) is 0 Å². The molecule has 0 radical (unpaired) electrons. The molecule has 1 aliphatic heterocycles. The Morgan fingerprint density at radius 1 is 1.63 bits per heavy atom. The van der Waals surface area contributed by atoms with Gasteiger partial charge < -0.3 is 15.2 Å². The monoisotopic (exact) mass is 270 g/mol. The summed E-state index contributed by atoms with van der Waals surface area (Å²) in [4.78, 5) is 20.8. The number of anilines is 1. The Labute approximate surface area is 107 Å². The molecule has 8 heteroatoms. The summed E-state index contributed by atoms with van der Waals surface area (Å²) < 4.78 is 19.0. The highest BCUT2D eigenvalue weighted by molar-refractivity contribution is 5.90. The number of nitro benzene ring substituents is 1. The molecule has 0 saturated carbocycles. The van der Waals surface area contributed by atoms with Crippen molar-refractivity contribution >= 4 is 17.3 Å². The maximum absolute atomic E-state index is 13.9. The van der Waals surface area contributed by atoms with Crippen LogP contribution in [0.4, 0.5) is 15.8 Å². The van der Waals surface area contributed by atoms with Gasteiger partial charge in [-0.1, -0.05) is 0 Å². The van der Waals surface area contributed by atoms with Gasteiger partial charge in [-0.3, -0.25) is 10.1 Å². The van der Waals surface area contributed by atoms with E-state index in [1.807, 2.05) is 0 Å². The molecule has 0 aromatic heterocycles. The number of ether oxygens (including phenoxy) is 1. The van der Waals surface area contributed by atoms with Crippen molar-refractivity contribution in [2.75, 3.05) is 18.5 Å². The first-order chi connectivity index (χ1) is 9.00. The summed E-state index contributed by atoms with van der Waals surface area (Å²) in [6.07, 6.45) is 0.647. The largest absolute Gasteiger partial charge is 0.478 e. The molecule has 1 atom stereocenters. The van der Waals surface area contributed by atoms with Crippen LogP contribution in [-0.4, -0.2) is 35.3 Å². The lowest BCUT2D eigenvalue weighted by atomic mass is 10.1. The lowest BCUT2D eigenvalue weighted by Gasteiger charge is -2.26. The van der Waals surface area contributed by atoms with E-state index in [0.717, 1.165) is 18.6 Å². The van der Waals surface area contributed by atoms with Crippen LogP contribution in [0.25, 0.3) is 0 Å². The zero-order valence-electron chi connectivity index (χ0n) is 9.76. The molecule has 2 rings (SSSR count). The zero-order chi connectivity index (χ0) is 14.0. The number of carboxylic acid groups (broad SMARTS) is 1. The smallest absolute Gasteiger partial charge is 0.338 e. The lowest BCUT2D eigenvalue weighted by Crippen LogP contribution is -2.33. The minimum atomic E-state index is -1.48. The number of benzene rings is 1. The number of aromatic carboxylic acids is 1. The molecule has 1 saturated heterocycles. The molecule has 1 heterocycles. The maximum atomic E-state index is 13.9. The quantitative estimate of drug-likeness (QED) is 0.622. The minimum Gasteiger partial charge on any atom is -0.478 e. The Hall–Kier alpha value is -2.22. The van der Waals surface area contributed by atoms with Gasteiger partial charge in [0, 0.05) is 19.2 Å². The molecule has 102 valence electrons. The molecule has 0 amide bonds. The Bertz CT molecular complexity index is 530. The maximum Gasteiger partial charge on any atom is 0.338 e. The van der Waals surface area contributed by atoms with Crippen molar-refractivity contribution in [2.45, 2.75) is 12.5 Å². The fraction of sp³-hybridized carbons (Fsp3) is 0.364. The molecular formula is C11H11FN2O5. The molecule has 0 bridgehead atoms. The summed E-state index contributed by atoms with van der Waals surface area (Å²) in [5.74, 6) is -2.61. The summed E-state index contributed by atoms with van der Waals surface area (Å²) >= 11 is 0. The van der Waals surface area contributed by atoms with E-state index in [-0.39, 0.29) is 12.6 Å². The molecule has 1 aromatic rings. The normalized spacial score (nSPS) is 17.6. The van der Waals surface area contributed by atoms with Crippen LogP contribution in [0.3, 0.4) is 0 Å². The van der Waals surface area contributed by atoms with Gasteiger partial charge in [0.15, 0.2) is 11.5 Å². The van der Waals surface area contributed by atoms with Crippen molar-refractivity contribution in [1.29, 1.82) is 0 Å². The molecule has 1 fully saturated rings. The number of nitrogens with zero attached hydrogens (tertiary/aromatic N) is 1. The van der Waals surface area contributed by atoms with Gasteiger partial charge in [-0.15, -0.1) is 0 Å². The SMILES string of the molecule is O=C(O)c1ccc([N+](=O)[O-])c(NC[C@@H]2CCO2)c1F. The van der Waals surface area contributed by atoms with E-state index >= 15 is 0 Å². The highest BCUT2D eigenvalue weighted by Crippen LogP contribution is 2.30. The molecule has 7 nitrogen and oxygen atoms in total. The van der Waals surface area contributed by atoms with E-state index in [4.69, 9.17) is 9.84 Å². The number of nitrogens with one attached hydrogen (secondary N) is 1. The summed E-state index contributed by atoms with van der Waals surface area (Å²) in [7, 11) is 0. The van der Waals surface area contributed by atoms with E-state index < -0.39 is 33.6 Å². The molecule has 1 aromatic carbocycles. The first-order valence-electron chi connectivity index (χ1n) is 5.56. The second-order valence-electron chi connectivity index (χ2n) is 4.05. The van der Waals surface area contributed by atoms with Crippen LogP contribution in [0.2, 0.25) is 0 Å². The standard InChI is InChI=1S/C11H11FN2O5/c12-9-7(11(15)16)1-2-8(14(17)18)10(9)13-5-6-3-4-19-6/h1-2,6,13H,3-5H2,(H,15,16)/t6-/m0/s1. The Morgan fingerprint density at radius 2 is 2.32 bits per heavy atom. The molecule has 0 spiro atoms. The van der Waals surface area contributed by atoms with Gasteiger partial charge in [-0.25, -0.2) is 9.18 Å². The molecule has 0 aliphatic carbocycles. The van der Waals surface area contributed by atoms with Crippen LogP contribution < -0.4 is 5.32 Å². The predicted molar refractivity (Wildman–Crippen MR) is 62.9 cm³/mol. The second-order valence-corrected chi connectivity index (χ2v) is 4.05. The van der Waals surface area contributed by atoms with E-state index in [0.29, 0.717) is 6.61 Å². The van der Waals surface area contributed by atoms with Crippen LogP contribution in [0.15, 0.2) is 12.1 Å². The third-order valence-corrected chi connectivity index (χ3v) is 2.85. The van der Waals surface area contributed by atoms with Crippen molar-refractivity contribution in [2.24, 2.45) is 0 Å². The van der Waals surface area contributed by atoms with Gasteiger partial charge in [0.25, 0.3) is 5.69 Å². The number of hydrogen-bond acceptors (Lipinski definition) is 5. The fourth-order valence-electron chi connectivity index (χ4n) is 1.71. The van der Waals surface area contributed by atoms with Gasteiger partial charge in [0.05, 0.1) is 16.6 Å². The van der Waals surface area contributed by atoms with Crippen molar-refractivity contribution in [1.82, 2.24) is 0 Å². The van der Waals surface area contributed by atoms with Crippen molar-refractivity contribution in [3.05, 3.63) is 33.6 Å². The second kappa shape index (κ2) is 5.19. The van der Waals surface area contributed by atoms with Gasteiger partial charge in [0.1, 0.15) is 0 Å². The minimum absolute atomic E-state index is 0.132. The zero-order valence-corrected chi connectivity index (χ0v) is 9.76. The van der Waals surface area contributed by atoms with Gasteiger partial charge in [0.2, 0.25) is 0 Å². The van der Waals surface area contributed by atoms with E-state index in [1.54, 1.807) is 0 Å². The fourth-order valence-corrected chi connectivity index (χ4v) is 1.71. The Morgan fingerprint density at radius 3 is 2.79 bits per heavy atom. The van der Waals surface area contributed by atoms with Crippen LogP contribution in [0, 0.1) is 15.9 Å². The summed E-state index contributed by atoms with van der Waals surface area (Å²) in [6, 6.07) is 1.84. The van der Waals surface area contributed by atoms with E-state index in [2.05, 4.69) is 5.32 Å². The molecular weight excluding hydrogens is 259 g/mol. The highest BCUT2D eigenvalue weighted by Gasteiger charge is 2.26. The Kier molecular flexibility index (Phi) is 3.61. The lowest BCUT2D eigenvalue weighted by molar-refractivity contribution is -0.384. The highest BCUT2D eigenvalue weighted by atomic mass is 19.1. The van der Waals surface area contributed by atoms with E-state index in [1.165, 1.54) is 0 Å². The molecule has 1 aliphatic rings. The molecule has 2 N–H and O–H groups in total. The first-order valence-corrected chi connectivity index (χ1v) is 5.56. The van der Waals surface area contributed by atoms with Gasteiger partial charge >= 0.3 is 5.97 Å². The number of carboxylic acids is 1. The van der Waals surface area contributed by atoms with Crippen molar-refractivity contribution in [3.8, 4) is 0 Å². The number of halogens is 1. The summed E-state index contributed by atoms with van der Waals surface area (Å²) in [5.41, 5.74) is -1.52. The third kappa shape index (κ3) is 2.63. The van der Waals surface area contributed by atoms with Crippen molar-refractivity contribution in [3.63, 3.8) is 0 Å². The first kappa shape index (κ1) is 13.2. The van der Waals surface area contributed by atoms with Crippen LogP contribution >= 0.6 is 0 Å². The van der Waals surface area contributed by atoms with Crippen molar-refractivity contribution < 1.29 is 24.0 Å². The molecule has 19 heavy (non-hydrogen) atoms. The van der Waals surface area contributed by atoms with Gasteiger partial charge in [-0.2, -0.15) is 0 Å². The third-order valence-electron chi connectivity index (χ3n) is 2.85. The Balaban J connectivity index is 2.31. The van der Waals surface area contributed by atoms with Gasteiger partial charge in [-0.05, 0) is 12.5 Å². The predicted octanol–water partition coefficient (Wildman–Crippen LogP) is 1.63. The van der Waals surface area contributed by atoms with Crippen LogP contribution in [0.1, 0.15) is 16.8 Å². The average Bonchev–Trinajstić information content (AvgIpc) is 2.27. The average molecular weight is 270 g/mol. The number of nitro groups is 1. The topological polar surface area (TPSA) is 102 Å². The van der Waals surface area contributed by atoms with Crippen LogP contribution in [-0.2, 0) is 4.74 Å². The number of hydrogen-bond donors (Lipinski definition) is 2.